The molecule has 1 aliphatic heterocycles. The molecule has 0 radical (unpaired) electrons. The van der Waals surface area contributed by atoms with Gasteiger partial charge >= 0.3 is 0 Å². The van der Waals surface area contributed by atoms with Crippen molar-refractivity contribution in [3.63, 3.8) is 0 Å². The molecule has 27 heavy (non-hydrogen) atoms. The summed E-state index contributed by atoms with van der Waals surface area (Å²) in [6.07, 6.45) is 6.81. The van der Waals surface area contributed by atoms with Crippen molar-refractivity contribution in [1.29, 1.82) is 0 Å². The summed E-state index contributed by atoms with van der Waals surface area (Å²) in [7, 11) is 0. The highest BCUT2D eigenvalue weighted by molar-refractivity contribution is 5.78. The molecule has 0 spiro atoms. The molecular weight excluding hydrogens is 342 g/mol. The summed E-state index contributed by atoms with van der Waals surface area (Å²) in [4.78, 5) is 23.7. The van der Waals surface area contributed by atoms with Gasteiger partial charge in [0.25, 0.3) is 0 Å². The fourth-order valence-electron chi connectivity index (χ4n) is 3.67. The van der Waals surface area contributed by atoms with Crippen LogP contribution in [-0.2, 0) is 17.6 Å². The third kappa shape index (κ3) is 3.86. The summed E-state index contributed by atoms with van der Waals surface area (Å²) in [5.41, 5.74) is 1.77. The minimum atomic E-state index is 0.118. The fraction of sp³-hybridized carbons (Fsp3) is 0.500. The van der Waals surface area contributed by atoms with Crippen molar-refractivity contribution in [1.82, 2.24) is 24.4 Å². The van der Waals surface area contributed by atoms with Crippen LogP contribution < -0.4 is 0 Å². The van der Waals surface area contributed by atoms with E-state index in [9.17, 15) is 4.79 Å². The molecule has 4 heterocycles. The van der Waals surface area contributed by atoms with Gasteiger partial charge in [-0.2, -0.15) is 4.98 Å². The fourth-order valence-corrected chi connectivity index (χ4v) is 3.67. The van der Waals surface area contributed by atoms with E-state index in [0.29, 0.717) is 24.8 Å². The number of amides is 1. The number of hydrogen-bond donors (Lipinski definition) is 0. The van der Waals surface area contributed by atoms with Crippen LogP contribution in [0.15, 0.2) is 35.1 Å². The minimum Gasteiger partial charge on any atom is -0.342 e. The molecule has 7 heteroatoms. The third-order valence-corrected chi connectivity index (χ3v) is 5.02. The van der Waals surface area contributed by atoms with E-state index in [4.69, 9.17) is 4.52 Å². The highest BCUT2D eigenvalue weighted by atomic mass is 16.5. The molecule has 7 nitrogen and oxygen atoms in total. The maximum absolute atomic E-state index is 12.9. The van der Waals surface area contributed by atoms with Gasteiger partial charge in [-0.25, -0.2) is 4.98 Å². The molecule has 0 saturated carbocycles. The van der Waals surface area contributed by atoms with Crippen LogP contribution in [0.5, 0.6) is 0 Å². The Hall–Kier alpha value is -2.70. The molecule has 4 rings (SSSR count). The summed E-state index contributed by atoms with van der Waals surface area (Å²) in [6.45, 7) is 5.69. The Labute approximate surface area is 158 Å². The SMILES string of the molecule is CC(C)Cc1noc([C@@H]2CCCN(C(=O)Cc3cnc4ccccn34)C2)n1. The zero-order valence-electron chi connectivity index (χ0n) is 15.8. The van der Waals surface area contributed by atoms with E-state index in [1.807, 2.05) is 33.7 Å². The van der Waals surface area contributed by atoms with Gasteiger partial charge in [-0.1, -0.05) is 25.1 Å². The number of fused-ring (bicyclic) bond motifs is 1. The summed E-state index contributed by atoms with van der Waals surface area (Å²) in [6, 6.07) is 5.83. The first-order valence-corrected chi connectivity index (χ1v) is 9.61. The molecule has 0 N–H and O–H groups in total. The van der Waals surface area contributed by atoms with Crippen molar-refractivity contribution >= 4 is 11.6 Å². The van der Waals surface area contributed by atoms with Gasteiger partial charge in [-0.15, -0.1) is 0 Å². The van der Waals surface area contributed by atoms with Gasteiger partial charge in [0.05, 0.1) is 18.0 Å². The monoisotopic (exact) mass is 367 g/mol. The number of pyridine rings is 1. The van der Waals surface area contributed by atoms with E-state index in [1.54, 1.807) is 6.20 Å². The quantitative estimate of drug-likeness (QED) is 0.693. The molecule has 1 atom stereocenters. The predicted molar refractivity (Wildman–Crippen MR) is 100 cm³/mol. The number of nitrogens with zero attached hydrogens (tertiary/aromatic N) is 5. The van der Waals surface area contributed by atoms with Gasteiger partial charge in [0, 0.05) is 31.9 Å². The average Bonchev–Trinajstić information content (AvgIpc) is 3.29. The molecule has 1 aliphatic rings. The second-order valence-electron chi connectivity index (χ2n) is 7.68. The van der Waals surface area contributed by atoms with Gasteiger partial charge in [0.15, 0.2) is 5.82 Å². The number of imidazole rings is 1. The Kier molecular flexibility index (Phi) is 4.92. The van der Waals surface area contributed by atoms with Gasteiger partial charge < -0.3 is 13.8 Å². The minimum absolute atomic E-state index is 0.118. The highest BCUT2D eigenvalue weighted by Crippen LogP contribution is 2.26. The highest BCUT2D eigenvalue weighted by Gasteiger charge is 2.29. The van der Waals surface area contributed by atoms with E-state index >= 15 is 0 Å². The standard InChI is InChI=1S/C20H25N5O2/c1-14(2)10-17-22-20(27-23-17)15-6-5-8-24(13-15)19(26)11-16-12-21-18-7-3-4-9-25(16)18/h3-4,7,9,12,14-15H,5-6,8,10-11,13H2,1-2H3/t15-/m1/s1. The van der Waals surface area contributed by atoms with E-state index in [-0.39, 0.29) is 11.8 Å². The van der Waals surface area contributed by atoms with Crippen molar-refractivity contribution in [2.75, 3.05) is 13.1 Å². The van der Waals surface area contributed by atoms with Crippen molar-refractivity contribution in [2.24, 2.45) is 5.92 Å². The molecule has 0 unspecified atom stereocenters. The molecule has 1 fully saturated rings. The lowest BCUT2D eigenvalue weighted by Crippen LogP contribution is -2.40. The molecule has 1 amide bonds. The van der Waals surface area contributed by atoms with Crippen LogP contribution in [0.4, 0.5) is 0 Å². The lowest BCUT2D eigenvalue weighted by atomic mass is 9.97. The molecule has 0 aliphatic carbocycles. The van der Waals surface area contributed by atoms with Crippen molar-refractivity contribution in [3.05, 3.63) is 48.0 Å². The lowest BCUT2D eigenvalue weighted by molar-refractivity contribution is -0.131. The number of likely N-dealkylation sites (tertiary alicyclic amines) is 1. The van der Waals surface area contributed by atoms with Gasteiger partial charge in [-0.3, -0.25) is 4.79 Å². The first kappa shape index (κ1) is 17.7. The van der Waals surface area contributed by atoms with Gasteiger partial charge in [0.2, 0.25) is 11.8 Å². The zero-order chi connectivity index (χ0) is 18.8. The van der Waals surface area contributed by atoms with Gasteiger partial charge in [-0.05, 0) is 30.9 Å². The van der Waals surface area contributed by atoms with Crippen LogP contribution in [0.3, 0.4) is 0 Å². The maximum atomic E-state index is 12.9. The third-order valence-electron chi connectivity index (χ3n) is 5.02. The molecule has 3 aromatic heterocycles. The van der Waals surface area contributed by atoms with Crippen LogP contribution >= 0.6 is 0 Å². The molecule has 142 valence electrons. The first-order valence-electron chi connectivity index (χ1n) is 9.61. The molecular formula is C20H25N5O2. The van der Waals surface area contributed by atoms with Gasteiger partial charge in [0.1, 0.15) is 5.65 Å². The Morgan fingerprint density at radius 1 is 1.37 bits per heavy atom. The number of piperidine rings is 1. The number of aromatic nitrogens is 4. The smallest absolute Gasteiger partial charge is 0.231 e. The second kappa shape index (κ2) is 7.50. The Balaban J connectivity index is 1.43. The predicted octanol–water partition coefficient (Wildman–Crippen LogP) is 2.86. The van der Waals surface area contributed by atoms with Crippen molar-refractivity contribution in [3.8, 4) is 0 Å². The van der Waals surface area contributed by atoms with E-state index in [2.05, 4.69) is 29.0 Å². The number of rotatable bonds is 5. The summed E-state index contributed by atoms with van der Waals surface area (Å²) >= 11 is 0. The van der Waals surface area contributed by atoms with Crippen molar-refractivity contribution < 1.29 is 9.32 Å². The molecule has 3 aromatic rings. The van der Waals surface area contributed by atoms with Crippen LogP contribution in [0.25, 0.3) is 5.65 Å². The molecule has 0 bridgehead atoms. The number of carbonyl (C=O) groups is 1. The Morgan fingerprint density at radius 2 is 2.26 bits per heavy atom. The first-order chi connectivity index (χ1) is 13.1. The number of hydrogen-bond acceptors (Lipinski definition) is 5. The number of carbonyl (C=O) groups excluding carboxylic acids is 1. The Bertz CT molecular complexity index is 929. The summed E-state index contributed by atoms with van der Waals surface area (Å²) in [5, 5.41) is 4.10. The van der Waals surface area contributed by atoms with E-state index in [0.717, 1.165) is 43.0 Å². The Morgan fingerprint density at radius 3 is 3.11 bits per heavy atom. The summed E-state index contributed by atoms with van der Waals surface area (Å²) < 4.78 is 7.45. The topological polar surface area (TPSA) is 76.5 Å². The largest absolute Gasteiger partial charge is 0.342 e. The van der Waals surface area contributed by atoms with Crippen LogP contribution in [0.2, 0.25) is 0 Å². The molecule has 1 saturated heterocycles. The van der Waals surface area contributed by atoms with Crippen LogP contribution in [-0.4, -0.2) is 43.4 Å². The maximum Gasteiger partial charge on any atom is 0.231 e. The normalized spacial score (nSPS) is 17.7. The van der Waals surface area contributed by atoms with E-state index in [1.165, 1.54) is 0 Å². The van der Waals surface area contributed by atoms with E-state index < -0.39 is 0 Å². The zero-order valence-corrected chi connectivity index (χ0v) is 15.8. The lowest BCUT2D eigenvalue weighted by Gasteiger charge is -2.31. The van der Waals surface area contributed by atoms with Crippen molar-refractivity contribution in [2.45, 2.75) is 45.4 Å². The van der Waals surface area contributed by atoms with Crippen LogP contribution in [0.1, 0.15) is 50.0 Å². The second-order valence-corrected chi connectivity index (χ2v) is 7.68. The summed E-state index contributed by atoms with van der Waals surface area (Å²) in [5.74, 6) is 2.16. The average molecular weight is 367 g/mol. The molecule has 0 aromatic carbocycles. The van der Waals surface area contributed by atoms with Crippen LogP contribution in [0, 0.1) is 5.92 Å².